The number of fused-ring (bicyclic) bond motifs is 1. The molecule has 0 bridgehead atoms. The highest BCUT2D eigenvalue weighted by Gasteiger charge is 2.24. The van der Waals surface area contributed by atoms with E-state index < -0.39 is 0 Å². The van der Waals surface area contributed by atoms with E-state index >= 15 is 0 Å². The number of carbonyl (C=O) groups excluding carboxylic acids is 1. The fourth-order valence-electron chi connectivity index (χ4n) is 4.82. The molecule has 164 valence electrons. The van der Waals surface area contributed by atoms with Crippen LogP contribution in [0, 0.1) is 11.8 Å². The Hall–Kier alpha value is -1.92. The van der Waals surface area contributed by atoms with Gasteiger partial charge in [0.05, 0.1) is 11.1 Å². The van der Waals surface area contributed by atoms with Crippen LogP contribution >= 0.6 is 0 Å². The Morgan fingerprint density at radius 1 is 1.13 bits per heavy atom. The first-order valence-corrected chi connectivity index (χ1v) is 11.7. The van der Waals surface area contributed by atoms with E-state index in [0.29, 0.717) is 17.4 Å². The molecule has 0 aliphatic carbocycles. The van der Waals surface area contributed by atoms with Crippen LogP contribution in [0.1, 0.15) is 61.6 Å². The van der Waals surface area contributed by atoms with Gasteiger partial charge in [-0.25, -0.2) is 4.98 Å². The Balaban J connectivity index is 1.26. The lowest BCUT2D eigenvalue weighted by Gasteiger charge is -2.36. The van der Waals surface area contributed by atoms with E-state index in [4.69, 9.17) is 0 Å². The number of amides is 1. The minimum absolute atomic E-state index is 0.00355. The zero-order valence-electron chi connectivity index (χ0n) is 18.8. The maximum absolute atomic E-state index is 12.9. The molecule has 6 heteroatoms. The molecule has 2 saturated heterocycles. The molecule has 30 heavy (non-hydrogen) atoms. The van der Waals surface area contributed by atoms with Crippen LogP contribution in [0.4, 0.5) is 0 Å². The molecule has 1 amide bonds. The van der Waals surface area contributed by atoms with Crippen molar-refractivity contribution in [1.29, 1.82) is 0 Å². The first-order valence-electron chi connectivity index (χ1n) is 11.7. The average molecular weight is 412 g/mol. The standard InChI is InChI=1S/C24H37N5O/c1-17(2)23-26-21-6-4-5-20(22(21)27-23)24(30)25-15-18-9-13-29(14-10-18)16-19-7-11-28(3)12-8-19/h4-6,17-19H,7-16H2,1-3H3,(H,25,30)(H,26,27). The summed E-state index contributed by atoms with van der Waals surface area (Å²) in [5, 5.41) is 3.18. The number of aromatic nitrogens is 2. The van der Waals surface area contributed by atoms with Crippen LogP contribution in [0.15, 0.2) is 18.2 Å². The third kappa shape index (κ3) is 5.03. The van der Waals surface area contributed by atoms with E-state index in [0.717, 1.165) is 29.3 Å². The highest BCUT2D eigenvalue weighted by Crippen LogP contribution is 2.23. The largest absolute Gasteiger partial charge is 0.352 e. The Bertz CT molecular complexity index is 844. The zero-order valence-corrected chi connectivity index (χ0v) is 18.8. The summed E-state index contributed by atoms with van der Waals surface area (Å²) in [5.74, 6) is 2.68. The predicted molar refractivity (Wildman–Crippen MR) is 122 cm³/mol. The van der Waals surface area contributed by atoms with Crippen molar-refractivity contribution in [2.24, 2.45) is 11.8 Å². The Morgan fingerprint density at radius 3 is 2.53 bits per heavy atom. The number of para-hydroxylation sites is 1. The summed E-state index contributed by atoms with van der Waals surface area (Å²) in [7, 11) is 2.23. The minimum atomic E-state index is -0.00355. The smallest absolute Gasteiger partial charge is 0.253 e. The van der Waals surface area contributed by atoms with Gasteiger partial charge in [0.15, 0.2) is 0 Å². The zero-order chi connectivity index (χ0) is 21.1. The van der Waals surface area contributed by atoms with Crippen LogP contribution in [0.25, 0.3) is 11.0 Å². The van der Waals surface area contributed by atoms with Crippen molar-refractivity contribution in [3.63, 3.8) is 0 Å². The van der Waals surface area contributed by atoms with Crippen LogP contribution < -0.4 is 5.32 Å². The van der Waals surface area contributed by atoms with Gasteiger partial charge in [-0.15, -0.1) is 0 Å². The van der Waals surface area contributed by atoms with Crippen LogP contribution in [-0.2, 0) is 0 Å². The number of hydrogen-bond donors (Lipinski definition) is 2. The highest BCUT2D eigenvalue weighted by atomic mass is 16.1. The second-order valence-electron chi connectivity index (χ2n) is 9.68. The molecule has 2 fully saturated rings. The number of carbonyl (C=O) groups is 1. The van der Waals surface area contributed by atoms with Crippen LogP contribution in [-0.4, -0.2) is 72.0 Å². The molecule has 3 heterocycles. The van der Waals surface area contributed by atoms with Crippen LogP contribution in [0.2, 0.25) is 0 Å². The molecule has 2 N–H and O–H groups in total. The number of rotatable bonds is 6. The monoisotopic (exact) mass is 411 g/mol. The second-order valence-corrected chi connectivity index (χ2v) is 9.68. The molecule has 0 radical (unpaired) electrons. The van der Waals surface area contributed by atoms with Crippen molar-refractivity contribution < 1.29 is 4.79 Å². The quantitative estimate of drug-likeness (QED) is 0.764. The molecular weight excluding hydrogens is 374 g/mol. The lowest BCUT2D eigenvalue weighted by Crippen LogP contribution is -2.42. The van der Waals surface area contributed by atoms with Crippen molar-refractivity contribution in [2.45, 2.75) is 45.4 Å². The van der Waals surface area contributed by atoms with Gasteiger partial charge in [0.25, 0.3) is 5.91 Å². The van der Waals surface area contributed by atoms with Gasteiger partial charge in [-0.2, -0.15) is 0 Å². The summed E-state index contributed by atoms with van der Waals surface area (Å²) < 4.78 is 0. The molecule has 6 nitrogen and oxygen atoms in total. The average Bonchev–Trinajstić information content (AvgIpc) is 3.19. The molecule has 1 aromatic heterocycles. The van der Waals surface area contributed by atoms with Gasteiger partial charge in [0.1, 0.15) is 11.3 Å². The Labute approximate surface area is 180 Å². The Morgan fingerprint density at radius 2 is 1.83 bits per heavy atom. The van der Waals surface area contributed by atoms with Gasteiger partial charge in [-0.3, -0.25) is 4.79 Å². The van der Waals surface area contributed by atoms with E-state index in [9.17, 15) is 4.79 Å². The molecule has 4 rings (SSSR count). The number of nitrogens with one attached hydrogen (secondary N) is 2. The number of imidazole rings is 1. The number of aromatic amines is 1. The van der Waals surface area contributed by atoms with E-state index in [1.54, 1.807) is 0 Å². The number of likely N-dealkylation sites (tertiary alicyclic amines) is 2. The second kappa shape index (κ2) is 9.48. The minimum Gasteiger partial charge on any atom is -0.352 e. The van der Waals surface area contributed by atoms with Crippen molar-refractivity contribution >= 4 is 16.9 Å². The summed E-state index contributed by atoms with van der Waals surface area (Å²) in [5.41, 5.74) is 2.40. The van der Waals surface area contributed by atoms with Crippen molar-refractivity contribution in [1.82, 2.24) is 25.1 Å². The van der Waals surface area contributed by atoms with E-state index in [1.807, 2.05) is 18.2 Å². The lowest BCUT2D eigenvalue weighted by atomic mass is 9.93. The van der Waals surface area contributed by atoms with E-state index in [-0.39, 0.29) is 5.91 Å². The first kappa shape index (κ1) is 21.3. The maximum atomic E-state index is 12.9. The third-order valence-corrected chi connectivity index (χ3v) is 6.94. The normalized spacial score (nSPS) is 20.3. The number of piperidine rings is 2. The number of H-pyrrole nitrogens is 1. The molecule has 1 aromatic carbocycles. The number of hydrogen-bond acceptors (Lipinski definition) is 4. The Kier molecular flexibility index (Phi) is 6.74. The van der Waals surface area contributed by atoms with Gasteiger partial charge in [-0.1, -0.05) is 19.9 Å². The van der Waals surface area contributed by atoms with Gasteiger partial charge >= 0.3 is 0 Å². The summed E-state index contributed by atoms with van der Waals surface area (Å²) in [6.07, 6.45) is 5.03. The molecule has 2 aromatic rings. The van der Waals surface area contributed by atoms with Gasteiger partial charge < -0.3 is 20.1 Å². The predicted octanol–water partition coefficient (Wildman–Crippen LogP) is 3.47. The number of benzene rings is 1. The summed E-state index contributed by atoms with van der Waals surface area (Å²) in [6, 6.07) is 5.80. The summed E-state index contributed by atoms with van der Waals surface area (Å²) >= 11 is 0. The molecule has 0 atom stereocenters. The summed E-state index contributed by atoms with van der Waals surface area (Å²) in [4.78, 5) is 26.0. The van der Waals surface area contributed by atoms with Crippen molar-refractivity contribution in [3.8, 4) is 0 Å². The SMILES string of the molecule is CC(C)c1nc2c(C(=O)NCC3CCN(CC4CCN(C)CC4)CC3)cccc2[nH]1. The molecular formula is C24H37N5O. The first-order chi connectivity index (χ1) is 14.5. The van der Waals surface area contributed by atoms with Crippen molar-refractivity contribution in [3.05, 3.63) is 29.6 Å². The lowest BCUT2D eigenvalue weighted by molar-refractivity contribution is 0.0928. The molecule has 0 unspecified atom stereocenters. The van der Waals surface area contributed by atoms with Gasteiger partial charge in [0.2, 0.25) is 0 Å². The van der Waals surface area contributed by atoms with E-state index in [1.165, 1.54) is 58.4 Å². The molecule has 0 spiro atoms. The van der Waals surface area contributed by atoms with Crippen LogP contribution in [0.5, 0.6) is 0 Å². The maximum Gasteiger partial charge on any atom is 0.253 e. The summed E-state index contributed by atoms with van der Waals surface area (Å²) in [6.45, 7) is 11.1. The van der Waals surface area contributed by atoms with Crippen LogP contribution in [0.3, 0.4) is 0 Å². The van der Waals surface area contributed by atoms with Gasteiger partial charge in [0, 0.05) is 19.0 Å². The van der Waals surface area contributed by atoms with E-state index in [2.05, 4.69) is 46.0 Å². The fraction of sp³-hybridized carbons (Fsp3) is 0.667. The fourth-order valence-corrected chi connectivity index (χ4v) is 4.82. The third-order valence-electron chi connectivity index (χ3n) is 6.94. The molecule has 2 aliphatic heterocycles. The topological polar surface area (TPSA) is 64.3 Å². The van der Waals surface area contributed by atoms with Gasteiger partial charge in [-0.05, 0) is 82.9 Å². The molecule has 0 saturated carbocycles. The number of nitrogens with zero attached hydrogens (tertiary/aromatic N) is 3. The highest BCUT2D eigenvalue weighted by molar-refractivity contribution is 6.04. The molecule has 2 aliphatic rings. The van der Waals surface area contributed by atoms with Crippen molar-refractivity contribution in [2.75, 3.05) is 46.3 Å².